The van der Waals surface area contributed by atoms with E-state index < -0.39 is 0 Å². The van der Waals surface area contributed by atoms with E-state index in [1.165, 1.54) is 12.8 Å². The van der Waals surface area contributed by atoms with E-state index in [-0.39, 0.29) is 18.4 Å². The van der Waals surface area contributed by atoms with Crippen molar-refractivity contribution in [1.29, 1.82) is 0 Å². The summed E-state index contributed by atoms with van der Waals surface area (Å²) in [5, 5.41) is 0.406. The summed E-state index contributed by atoms with van der Waals surface area (Å²) in [6, 6.07) is 18.9. The quantitative estimate of drug-likeness (QED) is 0.574. The van der Waals surface area contributed by atoms with Gasteiger partial charge in [0.1, 0.15) is 6.54 Å². The Bertz CT molecular complexity index is 1180. The molecule has 3 aromatic rings. The van der Waals surface area contributed by atoms with Gasteiger partial charge in [-0.3, -0.25) is 19.5 Å². The molecule has 1 fully saturated rings. The molecule has 0 N–H and O–H groups in total. The molecule has 2 aliphatic rings. The van der Waals surface area contributed by atoms with Crippen LogP contribution < -0.4 is 9.80 Å². The number of carbonyl (C=O) groups excluding carboxylic acids is 2. The molecule has 2 amide bonds. The molecule has 0 radical (unpaired) electrons. The molecule has 6 nitrogen and oxygen atoms in total. The molecule has 1 saturated heterocycles. The molecule has 0 atom stereocenters. The monoisotopic (exact) mass is 460 g/mol. The van der Waals surface area contributed by atoms with Gasteiger partial charge in [-0.15, -0.1) is 0 Å². The SMILES string of the molecule is O=C1CN(C(=O)c2ccc(N3CCCC3)cc2Cl)c2ccccc2CN1Cc1ccccn1. The van der Waals surface area contributed by atoms with Crippen molar-refractivity contribution in [2.75, 3.05) is 29.4 Å². The fraction of sp³-hybridized carbons (Fsp3) is 0.269. The second kappa shape index (κ2) is 9.24. The highest BCUT2D eigenvalue weighted by molar-refractivity contribution is 6.35. The van der Waals surface area contributed by atoms with Crippen LogP contribution in [0.1, 0.15) is 34.5 Å². The molecular formula is C26H25ClN4O2. The number of hydrogen-bond donors (Lipinski definition) is 0. The lowest BCUT2D eigenvalue weighted by Crippen LogP contribution is -2.40. The molecule has 168 valence electrons. The van der Waals surface area contributed by atoms with Gasteiger partial charge in [0.05, 0.1) is 22.8 Å². The van der Waals surface area contributed by atoms with Crippen LogP contribution in [-0.4, -0.2) is 41.3 Å². The molecule has 0 unspecified atom stereocenters. The number of halogens is 1. The Balaban J connectivity index is 1.44. The number of para-hydroxylation sites is 1. The van der Waals surface area contributed by atoms with Crippen LogP contribution in [0, 0.1) is 0 Å². The van der Waals surface area contributed by atoms with E-state index in [9.17, 15) is 9.59 Å². The van der Waals surface area contributed by atoms with Crippen molar-refractivity contribution in [3.8, 4) is 0 Å². The lowest BCUT2D eigenvalue weighted by atomic mass is 10.1. The van der Waals surface area contributed by atoms with Crippen LogP contribution in [0.5, 0.6) is 0 Å². The molecule has 2 aliphatic heterocycles. The fourth-order valence-corrected chi connectivity index (χ4v) is 4.79. The number of benzene rings is 2. The molecule has 2 aromatic carbocycles. The Morgan fingerprint density at radius 3 is 2.52 bits per heavy atom. The molecule has 3 heterocycles. The normalized spacial score (nSPS) is 16.0. The number of anilines is 2. The zero-order valence-corrected chi connectivity index (χ0v) is 19.0. The Morgan fingerprint density at radius 2 is 1.76 bits per heavy atom. The average Bonchev–Trinajstić information content (AvgIpc) is 3.33. The summed E-state index contributed by atoms with van der Waals surface area (Å²) in [5.41, 5.74) is 3.89. The zero-order chi connectivity index (χ0) is 22.8. The van der Waals surface area contributed by atoms with E-state index >= 15 is 0 Å². The number of fused-ring (bicyclic) bond motifs is 1. The van der Waals surface area contributed by atoms with Crippen LogP contribution in [0.2, 0.25) is 5.02 Å². The van der Waals surface area contributed by atoms with Gasteiger partial charge < -0.3 is 9.80 Å². The van der Waals surface area contributed by atoms with E-state index in [1.54, 1.807) is 22.1 Å². The molecule has 0 bridgehead atoms. The van der Waals surface area contributed by atoms with Crippen LogP contribution in [0.4, 0.5) is 11.4 Å². The number of pyridine rings is 1. The van der Waals surface area contributed by atoms with Crippen molar-refractivity contribution >= 4 is 34.8 Å². The van der Waals surface area contributed by atoms with Crippen molar-refractivity contribution in [3.05, 3.63) is 88.7 Å². The van der Waals surface area contributed by atoms with Gasteiger partial charge in [-0.25, -0.2) is 0 Å². The van der Waals surface area contributed by atoms with Crippen LogP contribution in [-0.2, 0) is 17.9 Å². The van der Waals surface area contributed by atoms with Gasteiger partial charge in [0.15, 0.2) is 0 Å². The Hall–Kier alpha value is -3.38. The summed E-state index contributed by atoms with van der Waals surface area (Å²) < 4.78 is 0. The molecular weight excluding hydrogens is 436 g/mol. The van der Waals surface area contributed by atoms with Crippen molar-refractivity contribution in [2.24, 2.45) is 0 Å². The predicted octanol–water partition coefficient (Wildman–Crippen LogP) is 4.52. The first-order valence-corrected chi connectivity index (χ1v) is 11.6. The molecule has 33 heavy (non-hydrogen) atoms. The van der Waals surface area contributed by atoms with Gasteiger partial charge in [0.25, 0.3) is 5.91 Å². The maximum atomic E-state index is 13.6. The third-order valence-electron chi connectivity index (χ3n) is 6.27. The molecule has 7 heteroatoms. The highest BCUT2D eigenvalue weighted by Crippen LogP contribution is 2.31. The summed E-state index contributed by atoms with van der Waals surface area (Å²) in [6.45, 7) is 2.76. The number of rotatable bonds is 4. The van der Waals surface area contributed by atoms with Gasteiger partial charge >= 0.3 is 0 Å². The van der Waals surface area contributed by atoms with Crippen molar-refractivity contribution in [1.82, 2.24) is 9.88 Å². The number of aromatic nitrogens is 1. The molecule has 0 saturated carbocycles. The topological polar surface area (TPSA) is 56.8 Å². The van der Waals surface area contributed by atoms with E-state index in [0.29, 0.717) is 23.7 Å². The fourth-order valence-electron chi connectivity index (χ4n) is 4.53. The number of carbonyl (C=O) groups is 2. The molecule has 1 aromatic heterocycles. The average molecular weight is 461 g/mol. The summed E-state index contributed by atoms with van der Waals surface area (Å²) in [4.78, 5) is 36.8. The van der Waals surface area contributed by atoms with Crippen molar-refractivity contribution in [3.63, 3.8) is 0 Å². The Kier molecular flexibility index (Phi) is 6.01. The summed E-state index contributed by atoms with van der Waals surface area (Å²) in [5.74, 6) is -0.400. The van der Waals surface area contributed by atoms with E-state index in [1.807, 2.05) is 54.6 Å². The summed E-state index contributed by atoms with van der Waals surface area (Å²) in [7, 11) is 0. The maximum absolute atomic E-state index is 13.6. The minimum absolute atomic E-state index is 0.0487. The summed E-state index contributed by atoms with van der Waals surface area (Å²) in [6.07, 6.45) is 4.05. The van der Waals surface area contributed by atoms with Crippen molar-refractivity contribution < 1.29 is 9.59 Å². The second-order valence-electron chi connectivity index (χ2n) is 8.45. The van der Waals surface area contributed by atoms with Crippen molar-refractivity contribution in [2.45, 2.75) is 25.9 Å². The minimum atomic E-state index is -0.270. The Labute approximate surface area is 198 Å². The number of nitrogens with zero attached hydrogens (tertiary/aromatic N) is 4. The maximum Gasteiger partial charge on any atom is 0.260 e. The van der Waals surface area contributed by atoms with E-state index in [4.69, 9.17) is 11.6 Å². The highest BCUT2D eigenvalue weighted by atomic mass is 35.5. The molecule has 0 spiro atoms. The minimum Gasteiger partial charge on any atom is -0.371 e. The van der Waals surface area contributed by atoms with Gasteiger partial charge in [0.2, 0.25) is 5.91 Å². The van der Waals surface area contributed by atoms with Gasteiger partial charge in [-0.2, -0.15) is 0 Å². The standard InChI is InChI=1S/C26H25ClN4O2/c27-23-15-21(29-13-5-6-14-29)10-11-22(23)26(33)31-18-25(32)30(17-20-8-3-4-12-28-20)16-19-7-1-2-9-24(19)31/h1-4,7-12,15H,5-6,13-14,16-18H2. The first kappa shape index (κ1) is 21.5. The second-order valence-corrected chi connectivity index (χ2v) is 8.86. The lowest BCUT2D eigenvalue weighted by Gasteiger charge is -2.24. The molecule has 5 rings (SSSR count). The lowest BCUT2D eigenvalue weighted by molar-refractivity contribution is -0.130. The first-order valence-electron chi connectivity index (χ1n) is 11.2. The Morgan fingerprint density at radius 1 is 0.970 bits per heavy atom. The van der Waals surface area contributed by atoms with Gasteiger partial charge in [-0.1, -0.05) is 35.9 Å². The van der Waals surface area contributed by atoms with Crippen LogP contribution in [0.3, 0.4) is 0 Å². The van der Waals surface area contributed by atoms with E-state index in [2.05, 4.69) is 9.88 Å². The zero-order valence-electron chi connectivity index (χ0n) is 18.3. The van der Waals surface area contributed by atoms with Crippen LogP contribution >= 0.6 is 11.6 Å². The third-order valence-corrected chi connectivity index (χ3v) is 6.58. The predicted molar refractivity (Wildman–Crippen MR) is 130 cm³/mol. The smallest absolute Gasteiger partial charge is 0.260 e. The largest absolute Gasteiger partial charge is 0.371 e. The van der Waals surface area contributed by atoms with Crippen LogP contribution in [0.25, 0.3) is 0 Å². The van der Waals surface area contributed by atoms with Gasteiger partial charge in [0, 0.05) is 37.2 Å². The summed E-state index contributed by atoms with van der Waals surface area (Å²) >= 11 is 6.58. The number of amides is 2. The third kappa shape index (κ3) is 4.44. The highest BCUT2D eigenvalue weighted by Gasteiger charge is 2.31. The van der Waals surface area contributed by atoms with Crippen LogP contribution in [0.15, 0.2) is 66.9 Å². The number of hydrogen-bond acceptors (Lipinski definition) is 4. The van der Waals surface area contributed by atoms with E-state index in [0.717, 1.165) is 35.7 Å². The first-order chi connectivity index (χ1) is 16.1. The van der Waals surface area contributed by atoms with Gasteiger partial charge in [-0.05, 0) is 54.8 Å². The molecule has 0 aliphatic carbocycles.